The zero-order valence-electron chi connectivity index (χ0n) is 15.3. The normalized spacial score (nSPS) is 20.7. The van der Waals surface area contributed by atoms with E-state index in [0.717, 1.165) is 52.1 Å². The van der Waals surface area contributed by atoms with Gasteiger partial charge in [-0.15, -0.1) is 24.8 Å². The zero-order valence-corrected chi connectivity index (χ0v) is 16.9. The molecule has 0 saturated carbocycles. The summed E-state index contributed by atoms with van der Waals surface area (Å²) in [4.78, 5) is 14.7. The largest absolute Gasteiger partial charge is 0.356 e. The van der Waals surface area contributed by atoms with Gasteiger partial charge in [0.05, 0.1) is 0 Å². The van der Waals surface area contributed by atoms with Gasteiger partial charge in [0, 0.05) is 25.6 Å². The highest BCUT2D eigenvalue weighted by atomic mass is 35.5. The maximum atomic E-state index is 12.2. The molecule has 2 heterocycles. The van der Waals surface area contributed by atoms with Crippen molar-refractivity contribution in [2.45, 2.75) is 25.8 Å². The van der Waals surface area contributed by atoms with E-state index in [9.17, 15) is 4.79 Å². The van der Waals surface area contributed by atoms with Crippen LogP contribution in [-0.2, 0) is 11.3 Å². The lowest BCUT2D eigenvalue weighted by atomic mass is 9.97. The summed E-state index contributed by atoms with van der Waals surface area (Å²) in [5.74, 6) is 1.05. The van der Waals surface area contributed by atoms with E-state index in [1.807, 2.05) is 6.08 Å². The van der Waals surface area contributed by atoms with E-state index in [-0.39, 0.29) is 36.6 Å². The molecule has 2 fully saturated rings. The number of halogens is 2. The molecule has 0 bridgehead atoms. The van der Waals surface area contributed by atoms with Gasteiger partial charge in [0.25, 0.3) is 0 Å². The van der Waals surface area contributed by atoms with Gasteiger partial charge in [-0.1, -0.05) is 36.9 Å². The molecular formula is C20H31Cl2N3O. The summed E-state index contributed by atoms with van der Waals surface area (Å²) in [7, 11) is 0. The molecule has 2 saturated heterocycles. The summed E-state index contributed by atoms with van der Waals surface area (Å²) in [5.41, 5.74) is 2.52. The molecule has 146 valence electrons. The van der Waals surface area contributed by atoms with Gasteiger partial charge in [-0.3, -0.25) is 9.69 Å². The lowest BCUT2D eigenvalue weighted by Gasteiger charge is -2.22. The van der Waals surface area contributed by atoms with Crippen LogP contribution in [0.25, 0.3) is 6.08 Å². The summed E-state index contributed by atoms with van der Waals surface area (Å²) in [6, 6.07) is 8.57. The first kappa shape index (κ1) is 23.0. The number of hydrogen-bond donors (Lipinski definition) is 2. The molecule has 2 aliphatic rings. The van der Waals surface area contributed by atoms with Crippen molar-refractivity contribution < 1.29 is 4.79 Å². The minimum atomic E-state index is 0. The molecule has 4 nitrogen and oxygen atoms in total. The molecule has 1 aromatic rings. The number of likely N-dealkylation sites (tertiary alicyclic amines) is 1. The molecule has 1 aromatic carbocycles. The smallest absolute Gasteiger partial charge is 0.223 e. The standard InChI is InChI=1S/C20H29N3O.2ClH/c1-2-16-4-3-5-17(12-16)14-23-11-8-18(15-23)13-22-20(24)19-6-9-21-10-7-19;;/h2-5,12,18-19,21H,1,6-11,13-15H2,(H,22,24);2*1H. The van der Waals surface area contributed by atoms with Crippen molar-refractivity contribution in [2.24, 2.45) is 11.8 Å². The Bertz CT molecular complexity index is 576. The summed E-state index contributed by atoms with van der Waals surface area (Å²) in [6.45, 7) is 9.78. The fourth-order valence-electron chi connectivity index (χ4n) is 3.77. The maximum absolute atomic E-state index is 12.2. The number of piperidine rings is 1. The second-order valence-corrected chi connectivity index (χ2v) is 7.11. The lowest BCUT2D eigenvalue weighted by Crippen LogP contribution is -2.40. The second-order valence-electron chi connectivity index (χ2n) is 7.11. The molecule has 26 heavy (non-hydrogen) atoms. The number of nitrogens with one attached hydrogen (secondary N) is 2. The average Bonchev–Trinajstić information content (AvgIpc) is 3.08. The van der Waals surface area contributed by atoms with Crippen LogP contribution in [0.1, 0.15) is 30.4 Å². The Morgan fingerprint density at radius 1 is 1.27 bits per heavy atom. The predicted octanol–water partition coefficient (Wildman–Crippen LogP) is 3.11. The summed E-state index contributed by atoms with van der Waals surface area (Å²) in [5, 5.41) is 6.50. The molecule has 6 heteroatoms. The van der Waals surface area contributed by atoms with E-state index in [1.54, 1.807) is 0 Å². The number of carbonyl (C=O) groups is 1. The predicted molar refractivity (Wildman–Crippen MR) is 113 cm³/mol. The SMILES string of the molecule is C=Cc1cccc(CN2CCC(CNC(=O)C3CCNCC3)C2)c1.Cl.Cl. The molecule has 0 radical (unpaired) electrons. The number of rotatable bonds is 6. The van der Waals surface area contributed by atoms with Crippen LogP contribution < -0.4 is 10.6 Å². The van der Waals surface area contributed by atoms with Crippen LogP contribution >= 0.6 is 24.8 Å². The van der Waals surface area contributed by atoms with Crippen LogP contribution in [0.15, 0.2) is 30.8 Å². The average molecular weight is 400 g/mol. The van der Waals surface area contributed by atoms with Crippen molar-refractivity contribution >= 4 is 36.8 Å². The third-order valence-corrected chi connectivity index (χ3v) is 5.24. The first-order valence-corrected chi connectivity index (χ1v) is 9.17. The highest BCUT2D eigenvalue weighted by Gasteiger charge is 2.25. The van der Waals surface area contributed by atoms with Crippen molar-refractivity contribution in [1.82, 2.24) is 15.5 Å². The Labute approximate surface area is 169 Å². The molecular weight excluding hydrogens is 369 g/mol. The minimum Gasteiger partial charge on any atom is -0.356 e. The van der Waals surface area contributed by atoms with Crippen molar-refractivity contribution in [3.63, 3.8) is 0 Å². The van der Waals surface area contributed by atoms with Crippen LogP contribution in [0.2, 0.25) is 0 Å². The Balaban J connectivity index is 0.00000169. The van der Waals surface area contributed by atoms with Gasteiger partial charge in [-0.2, -0.15) is 0 Å². The van der Waals surface area contributed by atoms with Gasteiger partial charge in [-0.25, -0.2) is 0 Å². The number of carbonyl (C=O) groups excluding carboxylic acids is 1. The molecule has 2 N–H and O–H groups in total. The lowest BCUT2D eigenvalue weighted by molar-refractivity contribution is -0.125. The first-order chi connectivity index (χ1) is 11.7. The fourth-order valence-corrected chi connectivity index (χ4v) is 3.77. The van der Waals surface area contributed by atoms with Gasteiger partial charge in [0.15, 0.2) is 0 Å². The Morgan fingerprint density at radius 3 is 2.77 bits per heavy atom. The van der Waals surface area contributed by atoms with Gasteiger partial charge in [0.1, 0.15) is 0 Å². The number of benzene rings is 1. The van der Waals surface area contributed by atoms with E-state index in [4.69, 9.17) is 0 Å². The van der Waals surface area contributed by atoms with Crippen LogP contribution in [0, 0.1) is 11.8 Å². The van der Waals surface area contributed by atoms with E-state index in [2.05, 4.69) is 46.4 Å². The summed E-state index contributed by atoms with van der Waals surface area (Å²) >= 11 is 0. The van der Waals surface area contributed by atoms with Crippen molar-refractivity contribution in [1.29, 1.82) is 0 Å². The van der Waals surface area contributed by atoms with Crippen LogP contribution in [0.3, 0.4) is 0 Å². The Kier molecular flexibility index (Phi) is 10.3. The van der Waals surface area contributed by atoms with E-state index < -0.39 is 0 Å². The Morgan fingerprint density at radius 2 is 2.04 bits per heavy atom. The highest BCUT2D eigenvalue weighted by molar-refractivity contribution is 5.85. The topological polar surface area (TPSA) is 44.4 Å². The molecule has 2 aliphatic heterocycles. The van der Waals surface area contributed by atoms with Crippen LogP contribution in [0.4, 0.5) is 0 Å². The molecule has 1 amide bonds. The minimum absolute atomic E-state index is 0. The number of amides is 1. The second kappa shape index (κ2) is 11.6. The third kappa shape index (κ3) is 6.58. The molecule has 1 atom stereocenters. The molecule has 1 unspecified atom stereocenters. The molecule has 0 spiro atoms. The van der Waals surface area contributed by atoms with E-state index in [0.29, 0.717) is 5.92 Å². The van der Waals surface area contributed by atoms with Crippen molar-refractivity contribution in [3.8, 4) is 0 Å². The van der Waals surface area contributed by atoms with Crippen molar-refractivity contribution in [3.05, 3.63) is 42.0 Å². The van der Waals surface area contributed by atoms with Gasteiger partial charge >= 0.3 is 0 Å². The van der Waals surface area contributed by atoms with Gasteiger partial charge in [0.2, 0.25) is 5.91 Å². The number of nitrogens with zero attached hydrogens (tertiary/aromatic N) is 1. The summed E-state index contributed by atoms with van der Waals surface area (Å²) < 4.78 is 0. The van der Waals surface area contributed by atoms with E-state index in [1.165, 1.54) is 17.5 Å². The van der Waals surface area contributed by atoms with E-state index >= 15 is 0 Å². The molecule has 0 aromatic heterocycles. The quantitative estimate of drug-likeness (QED) is 0.771. The van der Waals surface area contributed by atoms with Crippen molar-refractivity contribution in [2.75, 3.05) is 32.7 Å². The number of hydrogen-bond acceptors (Lipinski definition) is 3. The monoisotopic (exact) mass is 399 g/mol. The highest BCUT2D eigenvalue weighted by Crippen LogP contribution is 2.19. The fraction of sp³-hybridized carbons (Fsp3) is 0.550. The maximum Gasteiger partial charge on any atom is 0.223 e. The first-order valence-electron chi connectivity index (χ1n) is 9.17. The van der Waals surface area contributed by atoms with Gasteiger partial charge < -0.3 is 10.6 Å². The Hall–Kier alpha value is -1.07. The molecule has 0 aliphatic carbocycles. The zero-order chi connectivity index (χ0) is 16.8. The third-order valence-electron chi connectivity index (χ3n) is 5.24. The van der Waals surface area contributed by atoms with Crippen LogP contribution in [-0.4, -0.2) is 43.5 Å². The van der Waals surface area contributed by atoms with Gasteiger partial charge in [-0.05, 0) is 55.9 Å². The molecule has 3 rings (SSSR count). The summed E-state index contributed by atoms with van der Waals surface area (Å²) in [6.07, 6.45) is 5.02. The van der Waals surface area contributed by atoms with Crippen LogP contribution in [0.5, 0.6) is 0 Å².